The van der Waals surface area contributed by atoms with Gasteiger partial charge < -0.3 is 9.84 Å². The highest BCUT2D eigenvalue weighted by atomic mass is 16.5. The summed E-state index contributed by atoms with van der Waals surface area (Å²) >= 11 is 0. The predicted molar refractivity (Wildman–Crippen MR) is 84.2 cm³/mol. The number of nitrogens with zero attached hydrogens (tertiary/aromatic N) is 2. The summed E-state index contributed by atoms with van der Waals surface area (Å²) in [6, 6.07) is 10.6. The van der Waals surface area contributed by atoms with Crippen molar-refractivity contribution in [3.05, 3.63) is 47.6 Å². The minimum absolute atomic E-state index is 0.384. The van der Waals surface area contributed by atoms with Gasteiger partial charge in [-0.15, -0.1) is 0 Å². The van der Waals surface area contributed by atoms with Crippen LogP contribution in [0.25, 0.3) is 0 Å². The van der Waals surface area contributed by atoms with E-state index < -0.39 is 0 Å². The van der Waals surface area contributed by atoms with Gasteiger partial charge in [-0.05, 0) is 24.4 Å². The molecular weight excluding hydrogens is 262 g/mol. The van der Waals surface area contributed by atoms with E-state index in [1.807, 2.05) is 18.2 Å². The Hall–Kier alpha value is -1.68. The van der Waals surface area contributed by atoms with Gasteiger partial charge in [0.05, 0.1) is 0 Å². The van der Waals surface area contributed by atoms with Crippen LogP contribution in [0, 0.1) is 5.92 Å². The smallest absolute Gasteiger partial charge is 0.228 e. The van der Waals surface area contributed by atoms with Crippen molar-refractivity contribution in [3.63, 3.8) is 0 Å². The largest absolute Gasteiger partial charge is 0.339 e. The zero-order valence-corrected chi connectivity index (χ0v) is 13.2. The fourth-order valence-corrected chi connectivity index (χ4v) is 2.28. The molecule has 1 aromatic carbocycles. The van der Waals surface area contributed by atoms with E-state index in [4.69, 9.17) is 4.52 Å². The predicted octanol–water partition coefficient (Wildman–Crippen LogP) is 3.23. The highest BCUT2D eigenvalue weighted by Gasteiger charge is 2.17. The zero-order chi connectivity index (χ0) is 15.1. The molecule has 2 aromatic rings. The molecule has 2 rings (SSSR count). The summed E-state index contributed by atoms with van der Waals surface area (Å²) in [5.74, 6) is 2.03. The van der Waals surface area contributed by atoms with Gasteiger partial charge in [-0.3, -0.25) is 0 Å². The van der Waals surface area contributed by atoms with Crippen LogP contribution in [0.5, 0.6) is 0 Å². The molecule has 1 N–H and O–H groups in total. The summed E-state index contributed by atoms with van der Waals surface area (Å²) < 4.78 is 5.40. The van der Waals surface area contributed by atoms with Crippen molar-refractivity contribution in [1.82, 2.24) is 15.5 Å². The lowest BCUT2D eigenvalue weighted by Crippen LogP contribution is -2.36. The minimum atomic E-state index is 0.384. The highest BCUT2D eigenvalue weighted by molar-refractivity contribution is 5.18. The monoisotopic (exact) mass is 287 g/mol. The van der Waals surface area contributed by atoms with Crippen LogP contribution in [0.15, 0.2) is 34.9 Å². The molecule has 0 bridgehead atoms. The molecule has 0 aliphatic carbocycles. The third kappa shape index (κ3) is 4.97. The Morgan fingerprint density at radius 1 is 1.19 bits per heavy atom. The van der Waals surface area contributed by atoms with Gasteiger partial charge in [-0.1, -0.05) is 56.3 Å². The molecule has 0 fully saturated rings. The highest BCUT2D eigenvalue weighted by Crippen LogP contribution is 2.11. The van der Waals surface area contributed by atoms with Crippen molar-refractivity contribution in [3.8, 4) is 0 Å². The number of aromatic nitrogens is 2. The molecule has 0 amide bonds. The van der Waals surface area contributed by atoms with Gasteiger partial charge in [0.25, 0.3) is 0 Å². The number of rotatable bonds is 8. The van der Waals surface area contributed by atoms with E-state index in [-0.39, 0.29) is 0 Å². The van der Waals surface area contributed by atoms with E-state index >= 15 is 0 Å². The van der Waals surface area contributed by atoms with Crippen LogP contribution in [0.1, 0.15) is 44.5 Å². The van der Waals surface area contributed by atoms with Gasteiger partial charge in [0.2, 0.25) is 5.89 Å². The van der Waals surface area contributed by atoms with E-state index in [1.54, 1.807) is 0 Å². The number of nitrogens with one attached hydrogen (secondary N) is 1. The molecule has 0 saturated heterocycles. The van der Waals surface area contributed by atoms with Gasteiger partial charge in [0, 0.05) is 18.9 Å². The number of hydrogen-bond acceptors (Lipinski definition) is 4. The molecule has 21 heavy (non-hydrogen) atoms. The first-order valence-corrected chi connectivity index (χ1v) is 7.77. The molecule has 0 aliphatic heterocycles. The Kier molecular flexibility index (Phi) is 5.93. The van der Waals surface area contributed by atoms with Crippen molar-refractivity contribution in [1.29, 1.82) is 0 Å². The van der Waals surface area contributed by atoms with Crippen molar-refractivity contribution < 1.29 is 4.52 Å². The maximum absolute atomic E-state index is 5.40. The summed E-state index contributed by atoms with van der Waals surface area (Å²) in [7, 11) is 0. The average molecular weight is 287 g/mol. The van der Waals surface area contributed by atoms with Gasteiger partial charge in [-0.25, -0.2) is 0 Å². The Bertz CT molecular complexity index is 522. The van der Waals surface area contributed by atoms with Crippen molar-refractivity contribution in [2.24, 2.45) is 5.92 Å². The lowest BCUT2D eigenvalue weighted by atomic mass is 10.0. The SMILES string of the molecule is CCCNC(Cc1nc(Cc2ccccc2)no1)C(C)C. The van der Waals surface area contributed by atoms with Crippen LogP contribution < -0.4 is 5.32 Å². The quantitative estimate of drug-likeness (QED) is 0.810. The lowest BCUT2D eigenvalue weighted by molar-refractivity contribution is 0.325. The fraction of sp³-hybridized carbons (Fsp3) is 0.529. The van der Waals surface area contributed by atoms with Gasteiger partial charge in [-0.2, -0.15) is 4.98 Å². The molecule has 0 aliphatic rings. The summed E-state index contributed by atoms with van der Waals surface area (Å²) in [6.07, 6.45) is 2.64. The van der Waals surface area contributed by atoms with Crippen LogP contribution >= 0.6 is 0 Å². The lowest BCUT2D eigenvalue weighted by Gasteiger charge is -2.20. The van der Waals surface area contributed by atoms with E-state index in [0.717, 1.165) is 37.5 Å². The molecule has 1 aromatic heterocycles. The fourth-order valence-electron chi connectivity index (χ4n) is 2.28. The third-order valence-corrected chi connectivity index (χ3v) is 3.57. The molecule has 1 heterocycles. The molecule has 0 spiro atoms. The topological polar surface area (TPSA) is 51.0 Å². The Balaban J connectivity index is 1.95. The van der Waals surface area contributed by atoms with Gasteiger partial charge in [0.1, 0.15) is 0 Å². The summed E-state index contributed by atoms with van der Waals surface area (Å²) in [5, 5.41) is 7.64. The van der Waals surface area contributed by atoms with Gasteiger partial charge in [0.15, 0.2) is 5.82 Å². The maximum atomic E-state index is 5.40. The Labute approximate surface area is 127 Å². The van der Waals surface area contributed by atoms with Gasteiger partial charge >= 0.3 is 0 Å². The first-order valence-electron chi connectivity index (χ1n) is 7.77. The minimum Gasteiger partial charge on any atom is -0.339 e. The first kappa shape index (κ1) is 15.7. The van der Waals surface area contributed by atoms with Crippen molar-refractivity contribution in [2.75, 3.05) is 6.54 Å². The van der Waals surface area contributed by atoms with E-state index in [2.05, 4.69) is 48.4 Å². The van der Waals surface area contributed by atoms with Crippen LogP contribution in [0.2, 0.25) is 0 Å². The Morgan fingerprint density at radius 2 is 1.95 bits per heavy atom. The summed E-state index contributed by atoms with van der Waals surface area (Å²) in [6.45, 7) is 7.63. The third-order valence-electron chi connectivity index (χ3n) is 3.57. The van der Waals surface area contributed by atoms with E-state index in [9.17, 15) is 0 Å². The van der Waals surface area contributed by atoms with E-state index in [0.29, 0.717) is 12.0 Å². The molecule has 114 valence electrons. The second-order valence-electron chi connectivity index (χ2n) is 5.78. The van der Waals surface area contributed by atoms with Crippen molar-refractivity contribution in [2.45, 2.75) is 46.1 Å². The average Bonchev–Trinajstić information content (AvgIpc) is 2.91. The standard InChI is InChI=1S/C17H25N3O/c1-4-10-18-15(13(2)3)12-17-19-16(20-21-17)11-14-8-6-5-7-9-14/h5-9,13,15,18H,4,10-12H2,1-3H3. The van der Waals surface area contributed by atoms with Crippen LogP contribution in [0.3, 0.4) is 0 Å². The van der Waals surface area contributed by atoms with Crippen LogP contribution in [-0.4, -0.2) is 22.7 Å². The molecule has 0 radical (unpaired) electrons. The summed E-state index contributed by atoms with van der Waals surface area (Å²) in [5.41, 5.74) is 1.20. The second-order valence-corrected chi connectivity index (χ2v) is 5.78. The first-order chi connectivity index (χ1) is 10.2. The second kappa shape index (κ2) is 7.93. The number of hydrogen-bond donors (Lipinski definition) is 1. The molecule has 4 nitrogen and oxygen atoms in total. The molecule has 0 saturated carbocycles. The van der Waals surface area contributed by atoms with Crippen molar-refractivity contribution >= 4 is 0 Å². The summed E-state index contributed by atoms with van der Waals surface area (Å²) in [4.78, 5) is 4.52. The van der Waals surface area contributed by atoms with E-state index in [1.165, 1.54) is 5.56 Å². The normalized spacial score (nSPS) is 12.8. The van der Waals surface area contributed by atoms with Crippen LogP contribution in [0.4, 0.5) is 0 Å². The maximum Gasteiger partial charge on any atom is 0.228 e. The molecule has 4 heteroatoms. The Morgan fingerprint density at radius 3 is 2.62 bits per heavy atom. The molecule has 1 atom stereocenters. The molecule has 1 unspecified atom stereocenters. The molecular formula is C17H25N3O. The van der Waals surface area contributed by atoms with Crippen LogP contribution in [-0.2, 0) is 12.8 Å². The zero-order valence-electron chi connectivity index (χ0n) is 13.2. The number of benzene rings is 1.